The summed E-state index contributed by atoms with van der Waals surface area (Å²) < 4.78 is 19.0. The molecule has 1 aromatic heterocycles. The van der Waals surface area contributed by atoms with Crippen LogP contribution in [-0.2, 0) is 5.54 Å². The Bertz CT molecular complexity index is 806. The third kappa shape index (κ3) is 2.23. The van der Waals surface area contributed by atoms with E-state index in [0.29, 0.717) is 10.9 Å². The Kier molecular flexibility index (Phi) is 3.11. The normalized spacial score (nSPS) is 14.0. The Hall–Kier alpha value is -2.46. The van der Waals surface area contributed by atoms with E-state index in [2.05, 4.69) is 0 Å². The molecule has 0 aliphatic heterocycles. The molecular formula is C17H14FNO2. The van der Waals surface area contributed by atoms with Crippen molar-refractivity contribution in [1.82, 2.24) is 0 Å². The van der Waals surface area contributed by atoms with Crippen molar-refractivity contribution >= 4 is 16.8 Å². The fourth-order valence-corrected chi connectivity index (χ4v) is 2.31. The number of carbonyl (C=O) groups excluding carboxylic acids is 1. The van der Waals surface area contributed by atoms with Crippen molar-refractivity contribution in [3.8, 4) is 0 Å². The number of hydrogen-bond donors (Lipinski definition) is 1. The second kappa shape index (κ2) is 4.82. The predicted octanol–water partition coefficient (Wildman–Crippen LogP) is 3.63. The largest absolute Gasteiger partial charge is 0.450 e. The molecule has 1 unspecified atom stereocenters. The minimum absolute atomic E-state index is 0.0592. The molecule has 0 spiro atoms. The van der Waals surface area contributed by atoms with Crippen LogP contribution in [0.1, 0.15) is 23.0 Å². The Morgan fingerprint density at radius 3 is 2.52 bits per heavy atom. The second-order valence-electron chi connectivity index (χ2n) is 5.17. The first kappa shape index (κ1) is 13.5. The van der Waals surface area contributed by atoms with Gasteiger partial charge >= 0.3 is 0 Å². The van der Waals surface area contributed by atoms with E-state index in [0.717, 1.165) is 0 Å². The third-order valence-electron chi connectivity index (χ3n) is 3.57. The van der Waals surface area contributed by atoms with E-state index >= 15 is 0 Å². The summed E-state index contributed by atoms with van der Waals surface area (Å²) in [7, 11) is 0. The molecule has 0 radical (unpaired) electrons. The summed E-state index contributed by atoms with van der Waals surface area (Å²) in [6.45, 7) is 1.62. The number of hydrogen-bond acceptors (Lipinski definition) is 3. The lowest BCUT2D eigenvalue weighted by atomic mass is 9.87. The number of furan rings is 1. The number of benzene rings is 2. The molecule has 4 heteroatoms. The molecule has 2 N–H and O–H groups in total. The molecule has 3 rings (SSSR count). The summed E-state index contributed by atoms with van der Waals surface area (Å²) in [6.07, 6.45) is 0. The van der Waals surface area contributed by atoms with Gasteiger partial charge in [-0.25, -0.2) is 4.39 Å². The Labute approximate surface area is 121 Å². The molecule has 0 amide bonds. The average molecular weight is 283 g/mol. The average Bonchev–Trinajstić information content (AvgIpc) is 2.93. The lowest BCUT2D eigenvalue weighted by molar-refractivity contribution is 0.0873. The third-order valence-corrected chi connectivity index (χ3v) is 3.57. The first-order chi connectivity index (χ1) is 10.00. The Balaban J connectivity index is 2.06. The highest BCUT2D eigenvalue weighted by atomic mass is 19.1. The number of para-hydroxylation sites is 1. The minimum atomic E-state index is -1.23. The number of rotatable bonds is 3. The van der Waals surface area contributed by atoms with Crippen molar-refractivity contribution in [2.45, 2.75) is 12.5 Å². The predicted molar refractivity (Wildman–Crippen MR) is 78.5 cm³/mol. The molecule has 0 bridgehead atoms. The van der Waals surface area contributed by atoms with Gasteiger partial charge in [0.05, 0.1) is 0 Å². The van der Waals surface area contributed by atoms with Gasteiger partial charge < -0.3 is 10.2 Å². The zero-order valence-electron chi connectivity index (χ0n) is 11.5. The van der Waals surface area contributed by atoms with Crippen LogP contribution < -0.4 is 5.73 Å². The topological polar surface area (TPSA) is 56.2 Å². The quantitative estimate of drug-likeness (QED) is 0.747. The number of carbonyl (C=O) groups is 1. The van der Waals surface area contributed by atoms with Crippen LogP contribution >= 0.6 is 0 Å². The van der Waals surface area contributed by atoms with Gasteiger partial charge in [0.2, 0.25) is 5.78 Å². The number of halogens is 1. The SMILES string of the molecule is CC(N)(C(=O)c1cc2cccc(F)c2o1)c1ccccc1. The van der Waals surface area contributed by atoms with Crippen molar-refractivity contribution in [2.75, 3.05) is 0 Å². The molecule has 0 fully saturated rings. The zero-order valence-corrected chi connectivity index (χ0v) is 11.5. The number of nitrogens with two attached hydrogens (primary N) is 1. The van der Waals surface area contributed by atoms with E-state index in [1.165, 1.54) is 12.1 Å². The number of ketones is 1. The van der Waals surface area contributed by atoms with Crippen molar-refractivity contribution in [2.24, 2.45) is 5.73 Å². The van der Waals surface area contributed by atoms with Gasteiger partial charge in [-0.2, -0.15) is 0 Å². The van der Waals surface area contributed by atoms with Crippen LogP contribution in [-0.4, -0.2) is 5.78 Å². The van der Waals surface area contributed by atoms with Crippen molar-refractivity contribution in [1.29, 1.82) is 0 Å². The van der Waals surface area contributed by atoms with Gasteiger partial charge in [0, 0.05) is 5.39 Å². The van der Waals surface area contributed by atoms with Crippen LogP contribution in [0.15, 0.2) is 59.0 Å². The van der Waals surface area contributed by atoms with Crippen LogP contribution in [0.5, 0.6) is 0 Å². The van der Waals surface area contributed by atoms with Crippen LogP contribution in [0.3, 0.4) is 0 Å². The maximum Gasteiger partial charge on any atom is 0.221 e. The van der Waals surface area contributed by atoms with E-state index in [1.54, 1.807) is 31.2 Å². The summed E-state index contributed by atoms with van der Waals surface area (Å²) in [5.74, 6) is -0.821. The highest BCUT2D eigenvalue weighted by Crippen LogP contribution is 2.28. The molecule has 106 valence electrons. The van der Waals surface area contributed by atoms with Crippen molar-refractivity contribution < 1.29 is 13.6 Å². The Morgan fingerprint density at radius 1 is 1.14 bits per heavy atom. The molecular weight excluding hydrogens is 269 g/mol. The van der Waals surface area contributed by atoms with E-state index in [4.69, 9.17) is 10.2 Å². The monoisotopic (exact) mass is 283 g/mol. The lowest BCUT2D eigenvalue weighted by Crippen LogP contribution is -2.41. The highest BCUT2D eigenvalue weighted by molar-refractivity contribution is 6.03. The van der Waals surface area contributed by atoms with E-state index in [-0.39, 0.29) is 17.1 Å². The minimum Gasteiger partial charge on any atom is -0.450 e. The molecule has 0 saturated carbocycles. The zero-order chi connectivity index (χ0) is 15.0. The van der Waals surface area contributed by atoms with Crippen LogP contribution in [0.4, 0.5) is 4.39 Å². The summed E-state index contributed by atoms with van der Waals surface area (Å²) in [4.78, 5) is 12.6. The summed E-state index contributed by atoms with van der Waals surface area (Å²) in [5, 5.41) is 0.544. The van der Waals surface area contributed by atoms with Gasteiger partial charge in [0.1, 0.15) is 5.54 Å². The number of Topliss-reactive ketones (excluding diaryl/α,β-unsaturated/α-hetero) is 1. The van der Waals surface area contributed by atoms with Gasteiger partial charge in [0.15, 0.2) is 17.2 Å². The highest BCUT2D eigenvalue weighted by Gasteiger charge is 2.33. The molecule has 0 aliphatic rings. The Morgan fingerprint density at radius 2 is 1.86 bits per heavy atom. The van der Waals surface area contributed by atoms with Gasteiger partial charge in [-0.3, -0.25) is 4.79 Å². The second-order valence-corrected chi connectivity index (χ2v) is 5.17. The molecule has 21 heavy (non-hydrogen) atoms. The van der Waals surface area contributed by atoms with Crippen LogP contribution in [0.25, 0.3) is 11.0 Å². The molecule has 1 atom stereocenters. The van der Waals surface area contributed by atoms with Gasteiger partial charge in [-0.1, -0.05) is 42.5 Å². The summed E-state index contributed by atoms with van der Waals surface area (Å²) in [5.41, 5.74) is 5.69. The molecule has 3 aromatic rings. The van der Waals surface area contributed by atoms with Crippen molar-refractivity contribution in [3.05, 3.63) is 71.7 Å². The number of fused-ring (bicyclic) bond motifs is 1. The first-order valence-corrected chi connectivity index (χ1v) is 6.57. The molecule has 2 aromatic carbocycles. The van der Waals surface area contributed by atoms with Crippen molar-refractivity contribution in [3.63, 3.8) is 0 Å². The maximum atomic E-state index is 13.6. The molecule has 0 saturated heterocycles. The van der Waals surface area contributed by atoms with Crippen LogP contribution in [0, 0.1) is 5.82 Å². The van der Waals surface area contributed by atoms with Gasteiger partial charge in [-0.15, -0.1) is 0 Å². The van der Waals surface area contributed by atoms with E-state index < -0.39 is 11.4 Å². The molecule has 0 aliphatic carbocycles. The maximum absolute atomic E-state index is 13.6. The van der Waals surface area contributed by atoms with Gasteiger partial charge in [-0.05, 0) is 24.6 Å². The van der Waals surface area contributed by atoms with E-state index in [1.807, 2.05) is 18.2 Å². The standard InChI is InChI=1S/C17H14FNO2/c1-17(19,12-7-3-2-4-8-12)16(20)14-10-11-6-5-9-13(18)15(11)21-14/h2-10H,19H2,1H3. The molecule has 1 heterocycles. The fraction of sp³-hybridized carbons (Fsp3) is 0.118. The summed E-state index contributed by atoms with van der Waals surface area (Å²) >= 11 is 0. The van der Waals surface area contributed by atoms with E-state index in [9.17, 15) is 9.18 Å². The fourth-order valence-electron chi connectivity index (χ4n) is 2.31. The lowest BCUT2D eigenvalue weighted by Gasteiger charge is -2.22. The van der Waals surface area contributed by atoms with Gasteiger partial charge in [0.25, 0.3) is 0 Å². The summed E-state index contributed by atoms with van der Waals surface area (Å²) in [6, 6.07) is 15.1. The van der Waals surface area contributed by atoms with Crippen LogP contribution in [0.2, 0.25) is 0 Å². The molecule has 3 nitrogen and oxygen atoms in total. The first-order valence-electron chi connectivity index (χ1n) is 6.57. The smallest absolute Gasteiger partial charge is 0.221 e.